The van der Waals surface area contributed by atoms with Crippen LogP contribution in [0.2, 0.25) is 0 Å². The van der Waals surface area contributed by atoms with Crippen LogP contribution < -0.4 is 11.1 Å². The third-order valence-corrected chi connectivity index (χ3v) is 7.68. The summed E-state index contributed by atoms with van der Waals surface area (Å²) in [5, 5.41) is 13.4. The summed E-state index contributed by atoms with van der Waals surface area (Å²) in [6, 6.07) is 11.6. The lowest BCUT2D eigenvalue weighted by Crippen LogP contribution is -2.18. The molecular formula is C23H24N6O2S2. The maximum Gasteiger partial charge on any atom is 0.234 e. The quantitative estimate of drug-likeness (QED) is 0.379. The summed E-state index contributed by atoms with van der Waals surface area (Å²) in [4.78, 5) is 18.7. The number of hydrogen-bond acceptors (Lipinski definition) is 8. The van der Waals surface area contributed by atoms with Gasteiger partial charge in [-0.1, -0.05) is 30.0 Å². The van der Waals surface area contributed by atoms with E-state index in [0.29, 0.717) is 23.2 Å². The lowest BCUT2D eigenvalue weighted by Gasteiger charge is -2.14. The fourth-order valence-electron chi connectivity index (χ4n) is 3.87. The minimum Gasteiger partial charge on any atom is -0.397 e. The number of rotatable bonds is 7. The molecule has 33 heavy (non-hydrogen) atoms. The van der Waals surface area contributed by atoms with Crippen LogP contribution in [0.5, 0.6) is 0 Å². The summed E-state index contributed by atoms with van der Waals surface area (Å²) in [6.07, 6.45) is 3.87. The van der Waals surface area contributed by atoms with Crippen LogP contribution in [-0.4, -0.2) is 44.1 Å². The number of thiophene rings is 1. The third-order valence-electron chi connectivity index (χ3n) is 5.59. The lowest BCUT2D eigenvalue weighted by molar-refractivity contribution is -0.113. The van der Waals surface area contributed by atoms with E-state index < -0.39 is 0 Å². The molecule has 1 fully saturated rings. The molecule has 170 valence electrons. The highest BCUT2D eigenvalue weighted by atomic mass is 32.2. The zero-order valence-electron chi connectivity index (χ0n) is 18.2. The molecule has 10 heteroatoms. The first-order valence-corrected chi connectivity index (χ1v) is 12.6. The molecule has 1 aromatic carbocycles. The Bertz CT molecular complexity index is 1300. The van der Waals surface area contributed by atoms with Gasteiger partial charge in [0.2, 0.25) is 5.91 Å². The Morgan fingerprint density at radius 1 is 1.30 bits per heavy atom. The van der Waals surface area contributed by atoms with Crippen molar-refractivity contribution in [1.82, 2.24) is 19.7 Å². The van der Waals surface area contributed by atoms with Crippen LogP contribution in [0.25, 0.3) is 20.9 Å². The number of ether oxygens (including phenoxy) is 1. The number of hydrogen-bond donors (Lipinski definition) is 2. The van der Waals surface area contributed by atoms with E-state index in [-0.39, 0.29) is 17.8 Å². The Balaban J connectivity index is 1.41. The number of aryl methyl sites for hydroxylation is 1. The molecule has 1 atom stereocenters. The van der Waals surface area contributed by atoms with Gasteiger partial charge in [0.05, 0.1) is 29.0 Å². The van der Waals surface area contributed by atoms with Gasteiger partial charge < -0.3 is 15.8 Å². The number of thioether (sulfide) groups is 1. The topological polar surface area (TPSA) is 108 Å². The van der Waals surface area contributed by atoms with Gasteiger partial charge in [-0.2, -0.15) is 0 Å². The fourth-order valence-corrected chi connectivity index (χ4v) is 5.67. The Kier molecular flexibility index (Phi) is 6.30. The molecular weight excluding hydrogens is 456 g/mol. The Labute approximate surface area is 199 Å². The number of para-hydroxylation sites is 1. The van der Waals surface area contributed by atoms with Crippen molar-refractivity contribution in [3.8, 4) is 10.7 Å². The molecule has 0 spiro atoms. The summed E-state index contributed by atoms with van der Waals surface area (Å²) in [6.45, 7) is 3.35. The van der Waals surface area contributed by atoms with E-state index in [0.717, 1.165) is 45.8 Å². The number of pyridine rings is 1. The number of anilines is 2. The molecule has 3 aromatic heterocycles. The maximum atomic E-state index is 12.6. The number of fused-ring (bicyclic) bond motifs is 1. The number of carbonyl (C=O) groups excluding carboxylic acids is 1. The highest BCUT2D eigenvalue weighted by Crippen LogP contribution is 2.40. The number of nitrogens with zero attached hydrogens (tertiary/aromatic N) is 4. The van der Waals surface area contributed by atoms with Crippen LogP contribution in [0.1, 0.15) is 18.4 Å². The van der Waals surface area contributed by atoms with Gasteiger partial charge >= 0.3 is 0 Å². The number of nitrogens with one attached hydrogen (secondary N) is 1. The lowest BCUT2D eigenvalue weighted by atomic mass is 10.2. The maximum absolute atomic E-state index is 12.6. The zero-order chi connectivity index (χ0) is 22.8. The minimum absolute atomic E-state index is 0.0897. The van der Waals surface area contributed by atoms with E-state index >= 15 is 0 Å². The number of carbonyl (C=O) groups is 1. The second-order valence-corrected chi connectivity index (χ2v) is 9.85. The van der Waals surface area contributed by atoms with Gasteiger partial charge in [0, 0.05) is 23.9 Å². The van der Waals surface area contributed by atoms with Crippen molar-refractivity contribution in [1.29, 1.82) is 0 Å². The fraction of sp³-hybridized carbons (Fsp3) is 0.304. The predicted octanol–water partition coefficient (Wildman–Crippen LogP) is 4.36. The zero-order valence-corrected chi connectivity index (χ0v) is 19.8. The standard InChI is InChI=1S/C23H24N6O2S2/c1-14-6-2-3-9-17(14)26-18(30)13-32-23-28-27-21(29(23)12-15-7-5-11-31-15)20-19(24)16-8-4-10-25-22(16)33-20/h2-4,6,8-10,15H,5,7,11-13,24H2,1H3,(H,26,30). The van der Waals surface area contributed by atoms with Crippen molar-refractivity contribution >= 4 is 50.6 Å². The SMILES string of the molecule is Cc1ccccc1NC(=O)CSc1nnc(-c2sc3ncccc3c2N)n1CC1CCCO1. The molecule has 1 unspecified atom stereocenters. The second kappa shape index (κ2) is 9.50. The first-order chi connectivity index (χ1) is 16.1. The number of benzene rings is 1. The Morgan fingerprint density at radius 3 is 2.97 bits per heavy atom. The molecule has 4 aromatic rings. The monoisotopic (exact) mass is 480 g/mol. The molecule has 8 nitrogen and oxygen atoms in total. The second-order valence-electron chi connectivity index (χ2n) is 7.90. The first-order valence-electron chi connectivity index (χ1n) is 10.8. The highest BCUT2D eigenvalue weighted by Gasteiger charge is 2.25. The highest BCUT2D eigenvalue weighted by molar-refractivity contribution is 7.99. The minimum atomic E-state index is -0.0897. The van der Waals surface area contributed by atoms with Gasteiger partial charge in [-0.3, -0.25) is 9.36 Å². The molecule has 1 aliphatic rings. The van der Waals surface area contributed by atoms with E-state index in [9.17, 15) is 4.79 Å². The first kappa shape index (κ1) is 21.9. The van der Waals surface area contributed by atoms with Crippen molar-refractivity contribution in [2.45, 2.75) is 37.6 Å². The van der Waals surface area contributed by atoms with Gasteiger partial charge in [0.25, 0.3) is 0 Å². The number of amides is 1. The van der Waals surface area contributed by atoms with Gasteiger partial charge in [0.1, 0.15) is 4.83 Å². The smallest absolute Gasteiger partial charge is 0.234 e. The van der Waals surface area contributed by atoms with E-state index in [2.05, 4.69) is 20.5 Å². The molecule has 1 aliphatic heterocycles. The van der Waals surface area contributed by atoms with Gasteiger partial charge in [-0.05, 0) is 43.5 Å². The van der Waals surface area contributed by atoms with Crippen molar-refractivity contribution in [3.05, 3.63) is 48.2 Å². The van der Waals surface area contributed by atoms with Crippen molar-refractivity contribution in [2.75, 3.05) is 23.4 Å². The van der Waals surface area contributed by atoms with Crippen LogP contribution in [0.3, 0.4) is 0 Å². The predicted molar refractivity (Wildman–Crippen MR) is 133 cm³/mol. The molecule has 5 rings (SSSR count). The van der Waals surface area contributed by atoms with E-state index in [4.69, 9.17) is 10.5 Å². The van der Waals surface area contributed by atoms with Crippen LogP contribution in [0, 0.1) is 6.92 Å². The number of nitrogen functional groups attached to an aromatic ring is 1. The summed E-state index contributed by atoms with van der Waals surface area (Å²) < 4.78 is 7.90. The number of aromatic nitrogens is 4. The molecule has 3 N–H and O–H groups in total. The van der Waals surface area contributed by atoms with Gasteiger partial charge in [-0.25, -0.2) is 4.98 Å². The summed E-state index contributed by atoms with van der Waals surface area (Å²) in [5.74, 6) is 0.822. The Morgan fingerprint density at radius 2 is 2.18 bits per heavy atom. The Hall–Kier alpha value is -2.95. The molecule has 1 saturated heterocycles. The number of nitrogens with two attached hydrogens (primary N) is 1. The van der Waals surface area contributed by atoms with E-state index in [1.807, 2.05) is 47.9 Å². The summed E-state index contributed by atoms with van der Waals surface area (Å²) in [7, 11) is 0. The third kappa shape index (κ3) is 4.59. The average Bonchev–Trinajstić information content (AvgIpc) is 3.55. The van der Waals surface area contributed by atoms with Crippen molar-refractivity contribution in [2.24, 2.45) is 0 Å². The van der Waals surface area contributed by atoms with Crippen LogP contribution >= 0.6 is 23.1 Å². The van der Waals surface area contributed by atoms with Crippen molar-refractivity contribution in [3.63, 3.8) is 0 Å². The molecule has 0 radical (unpaired) electrons. The molecule has 1 amide bonds. The largest absolute Gasteiger partial charge is 0.397 e. The van der Waals surface area contributed by atoms with Gasteiger partial charge in [0.15, 0.2) is 11.0 Å². The summed E-state index contributed by atoms with van der Waals surface area (Å²) in [5.41, 5.74) is 8.95. The van der Waals surface area contributed by atoms with E-state index in [1.54, 1.807) is 6.20 Å². The molecule has 0 aliphatic carbocycles. The average molecular weight is 481 g/mol. The van der Waals surface area contributed by atoms with Crippen molar-refractivity contribution < 1.29 is 9.53 Å². The molecule has 0 bridgehead atoms. The molecule has 0 saturated carbocycles. The van der Waals surface area contributed by atoms with Gasteiger partial charge in [-0.15, -0.1) is 21.5 Å². The summed E-state index contributed by atoms with van der Waals surface area (Å²) >= 11 is 2.86. The molecule has 4 heterocycles. The normalized spacial score (nSPS) is 15.8. The van der Waals surface area contributed by atoms with Crippen LogP contribution in [0.15, 0.2) is 47.8 Å². The van der Waals surface area contributed by atoms with Crippen LogP contribution in [0.4, 0.5) is 11.4 Å². The van der Waals surface area contributed by atoms with Crippen LogP contribution in [-0.2, 0) is 16.1 Å². The van der Waals surface area contributed by atoms with E-state index in [1.165, 1.54) is 23.1 Å².